The van der Waals surface area contributed by atoms with E-state index in [4.69, 9.17) is 28.9 Å². The molecule has 29 heavy (non-hydrogen) atoms. The summed E-state index contributed by atoms with van der Waals surface area (Å²) in [5.74, 6) is -2.79. The van der Waals surface area contributed by atoms with Crippen molar-refractivity contribution in [2.75, 3.05) is 6.54 Å². The van der Waals surface area contributed by atoms with Crippen LogP contribution < -0.4 is 11.1 Å². The van der Waals surface area contributed by atoms with Gasteiger partial charge in [-0.1, -0.05) is 23.2 Å². The summed E-state index contributed by atoms with van der Waals surface area (Å²) in [7, 11) is 0. The van der Waals surface area contributed by atoms with E-state index in [1.165, 1.54) is 12.1 Å². The number of benzene rings is 1. The number of oxime groups is 1. The molecule has 0 radical (unpaired) electrons. The highest BCUT2D eigenvalue weighted by Crippen LogP contribution is 2.40. The first-order valence-corrected chi connectivity index (χ1v) is 8.82. The highest BCUT2D eigenvalue weighted by atomic mass is 35.5. The zero-order valence-electron chi connectivity index (χ0n) is 14.8. The zero-order chi connectivity index (χ0) is 21.9. The van der Waals surface area contributed by atoms with Crippen LogP contribution in [0.15, 0.2) is 17.3 Å². The lowest BCUT2D eigenvalue weighted by Gasteiger charge is -2.25. The maximum absolute atomic E-state index is 12.7. The second kappa shape index (κ2) is 8.87. The predicted octanol–water partition coefficient (Wildman–Crippen LogP) is 2.74. The van der Waals surface area contributed by atoms with Crippen molar-refractivity contribution in [3.63, 3.8) is 0 Å². The number of alkyl halides is 3. The molecule has 13 heteroatoms. The molecule has 0 saturated carbocycles. The molecular formula is C16H15Cl2F3N4O4. The first kappa shape index (κ1) is 22.8. The van der Waals surface area contributed by atoms with Gasteiger partial charge in [0.05, 0.1) is 28.9 Å². The number of hydrogen-bond acceptors (Lipinski definition) is 5. The summed E-state index contributed by atoms with van der Waals surface area (Å²) >= 11 is 11.9. The van der Waals surface area contributed by atoms with Gasteiger partial charge >= 0.3 is 12.1 Å². The van der Waals surface area contributed by atoms with E-state index in [-0.39, 0.29) is 21.2 Å². The van der Waals surface area contributed by atoms with Crippen molar-refractivity contribution in [2.24, 2.45) is 10.9 Å². The molecule has 1 heterocycles. The maximum atomic E-state index is 12.7. The number of nitrogens with two attached hydrogens (primary N) is 1. The highest BCUT2D eigenvalue weighted by molar-refractivity contribution is 6.42. The quantitative estimate of drug-likeness (QED) is 0.307. The van der Waals surface area contributed by atoms with E-state index in [1.54, 1.807) is 0 Å². The second-order valence-electron chi connectivity index (χ2n) is 6.04. The van der Waals surface area contributed by atoms with Crippen LogP contribution in [0.4, 0.5) is 13.2 Å². The number of fused-ring (bicyclic) bond motifs is 1. The van der Waals surface area contributed by atoms with Crippen LogP contribution in [0.2, 0.25) is 10.0 Å². The predicted molar refractivity (Wildman–Crippen MR) is 97.1 cm³/mol. The summed E-state index contributed by atoms with van der Waals surface area (Å²) in [5.41, 5.74) is 5.70. The Labute approximate surface area is 172 Å². The van der Waals surface area contributed by atoms with Gasteiger partial charge in [0, 0.05) is 19.0 Å². The van der Waals surface area contributed by atoms with Crippen LogP contribution in [0.1, 0.15) is 41.7 Å². The van der Waals surface area contributed by atoms with E-state index in [1.807, 2.05) is 0 Å². The third-order valence-corrected chi connectivity index (χ3v) is 4.60. The molecule has 0 bridgehead atoms. The summed E-state index contributed by atoms with van der Waals surface area (Å²) in [5, 5.41) is 5.41. The van der Waals surface area contributed by atoms with Gasteiger partial charge in [-0.3, -0.25) is 14.9 Å². The van der Waals surface area contributed by atoms with Crippen molar-refractivity contribution in [1.82, 2.24) is 10.2 Å². The largest absolute Gasteiger partial charge is 0.390 e. The highest BCUT2D eigenvalue weighted by Gasteiger charge is 2.40. The topological polar surface area (TPSA) is 114 Å². The summed E-state index contributed by atoms with van der Waals surface area (Å²) < 4.78 is 38.0. The van der Waals surface area contributed by atoms with E-state index in [0.29, 0.717) is 0 Å². The Bertz CT molecular complexity index is 876. The van der Waals surface area contributed by atoms with Gasteiger partial charge in [-0.15, -0.1) is 0 Å². The molecule has 3 N–H and O–H groups in total. The lowest BCUT2D eigenvalue weighted by Crippen LogP contribution is -2.40. The summed E-state index contributed by atoms with van der Waals surface area (Å²) in [6, 6.07) is 1.55. The average molecular weight is 455 g/mol. The molecule has 1 aliphatic heterocycles. The van der Waals surface area contributed by atoms with Crippen LogP contribution in [0.25, 0.3) is 0 Å². The van der Waals surface area contributed by atoms with E-state index < -0.39 is 55.3 Å². The Balaban J connectivity index is 2.26. The molecule has 1 unspecified atom stereocenters. The van der Waals surface area contributed by atoms with Crippen molar-refractivity contribution in [3.8, 4) is 0 Å². The van der Waals surface area contributed by atoms with Crippen molar-refractivity contribution in [2.45, 2.75) is 32.0 Å². The molecule has 2 amide bonds. The van der Waals surface area contributed by atoms with Crippen LogP contribution in [-0.2, 0) is 14.4 Å². The number of rotatable bonds is 5. The first-order chi connectivity index (χ1) is 13.4. The van der Waals surface area contributed by atoms with Gasteiger partial charge in [0.1, 0.15) is 0 Å². The lowest BCUT2D eigenvalue weighted by atomic mass is 10.0. The number of nitrogens with zero attached hydrogens (tertiary/aromatic N) is 2. The fraction of sp³-hybridized carbons (Fsp3) is 0.375. The number of nitrogens with one attached hydrogen (secondary N) is 1. The molecule has 1 aliphatic rings. The molecule has 1 atom stereocenters. The monoisotopic (exact) mass is 454 g/mol. The smallest absolute Gasteiger partial charge is 0.367 e. The second-order valence-corrected chi connectivity index (χ2v) is 6.86. The average Bonchev–Trinajstić information content (AvgIpc) is 2.82. The Morgan fingerprint density at radius 3 is 2.52 bits per heavy atom. The van der Waals surface area contributed by atoms with Crippen LogP contribution in [0.5, 0.6) is 0 Å². The fourth-order valence-corrected chi connectivity index (χ4v) is 3.05. The first-order valence-electron chi connectivity index (χ1n) is 8.06. The number of amides is 2. The van der Waals surface area contributed by atoms with Crippen molar-refractivity contribution < 1.29 is 32.4 Å². The number of carbonyl (C=O) groups excluding carboxylic acids is 3. The van der Waals surface area contributed by atoms with Gasteiger partial charge in [-0.05, 0) is 22.9 Å². The molecule has 8 nitrogen and oxygen atoms in total. The Morgan fingerprint density at radius 2 is 1.93 bits per heavy atom. The summed E-state index contributed by atoms with van der Waals surface area (Å²) in [6.07, 6.45) is -6.20. The van der Waals surface area contributed by atoms with E-state index in [2.05, 4.69) is 15.3 Å². The van der Waals surface area contributed by atoms with E-state index in [0.717, 1.165) is 11.8 Å². The molecule has 1 aromatic carbocycles. The number of guanidine groups is 1. The van der Waals surface area contributed by atoms with Crippen LogP contribution in [0, 0.1) is 0 Å². The van der Waals surface area contributed by atoms with Crippen molar-refractivity contribution in [1.29, 1.82) is 0 Å². The van der Waals surface area contributed by atoms with Gasteiger partial charge in [0.2, 0.25) is 11.9 Å². The standard InChI is InChI=1S/C16H15Cl2F3N4O4/c1-7(26)29-24-15(22)23-13(27)6-12-8-4-10(17)11(18)5-9(8)14(28)25(12)3-2-16(19,20)21/h4-5,12H,2-3,6H2,1H3,(H3,22,23,24,27). The SMILES string of the molecule is CC(=O)ON=C(N)NC(=O)CC1c2cc(Cl)c(Cl)cc2C(=O)N1CCC(F)(F)F. The van der Waals surface area contributed by atoms with Crippen molar-refractivity contribution in [3.05, 3.63) is 33.3 Å². The molecule has 158 valence electrons. The molecule has 1 aromatic rings. The van der Waals surface area contributed by atoms with Crippen LogP contribution >= 0.6 is 23.2 Å². The molecule has 0 spiro atoms. The molecular weight excluding hydrogens is 440 g/mol. The molecule has 2 rings (SSSR count). The van der Waals surface area contributed by atoms with E-state index in [9.17, 15) is 27.6 Å². The minimum Gasteiger partial charge on any atom is -0.367 e. The molecule has 0 aliphatic carbocycles. The number of hydrogen-bond donors (Lipinski definition) is 2. The summed E-state index contributed by atoms with van der Waals surface area (Å²) in [6.45, 7) is 0.397. The Kier molecular flexibility index (Phi) is 6.96. The van der Waals surface area contributed by atoms with Crippen LogP contribution in [-0.4, -0.2) is 41.4 Å². The third-order valence-electron chi connectivity index (χ3n) is 3.87. The maximum Gasteiger partial charge on any atom is 0.390 e. The molecule has 0 fully saturated rings. The van der Waals surface area contributed by atoms with Gasteiger partial charge in [0.15, 0.2) is 0 Å². The number of halogens is 5. The van der Waals surface area contributed by atoms with E-state index >= 15 is 0 Å². The molecule has 0 saturated heterocycles. The normalized spacial score (nSPS) is 16.6. The fourth-order valence-electron chi connectivity index (χ4n) is 2.72. The van der Waals surface area contributed by atoms with Crippen molar-refractivity contribution >= 4 is 46.9 Å². The Hall–Kier alpha value is -2.53. The lowest BCUT2D eigenvalue weighted by molar-refractivity contribution is -0.141. The molecule has 0 aromatic heterocycles. The van der Waals surface area contributed by atoms with Gasteiger partial charge < -0.3 is 15.5 Å². The Morgan fingerprint density at radius 1 is 1.31 bits per heavy atom. The zero-order valence-corrected chi connectivity index (χ0v) is 16.4. The van der Waals surface area contributed by atoms with Gasteiger partial charge in [-0.2, -0.15) is 13.2 Å². The van der Waals surface area contributed by atoms with Gasteiger partial charge in [0.25, 0.3) is 5.91 Å². The third kappa shape index (κ3) is 5.97. The number of carbonyl (C=O) groups is 3. The van der Waals surface area contributed by atoms with Crippen LogP contribution in [0.3, 0.4) is 0 Å². The van der Waals surface area contributed by atoms with Gasteiger partial charge in [-0.25, -0.2) is 4.79 Å². The summed E-state index contributed by atoms with van der Waals surface area (Å²) in [4.78, 5) is 40.7. The minimum atomic E-state index is -4.50. The minimum absolute atomic E-state index is 0.0531.